The molecule has 0 spiro atoms. The van der Waals surface area contributed by atoms with E-state index in [-0.39, 0.29) is 0 Å². The summed E-state index contributed by atoms with van der Waals surface area (Å²) < 4.78 is 0. The Labute approximate surface area is 110 Å². The molecule has 0 heterocycles. The molecule has 0 unspecified atom stereocenters. The fourth-order valence-electron chi connectivity index (χ4n) is 2.87. The minimum absolute atomic E-state index is 0.543. The van der Waals surface area contributed by atoms with Crippen LogP contribution in [0, 0.1) is 24.2 Å². The Morgan fingerprint density at radius 2 is 2.00 bits per heavy atom. The number of hydrogen-bond acceptors (Lipinski definition) is 2. The zero-order chi connectivity index (χ0) is 13.0. The van der Waals surface area contributed by atoms with Crippen LogP contribution in [0.1, 0.15) is 50.2 Å². The molecule has 18 heavy (non-hydrogen) atoms. The van der Waals surface area contributed by atoms with Crippen molar-refractivity contribution in [1.82, 2.24) is 0 Å². The van der Waals surface area contributed by atoms with Gasteiger partial charge in [0.1, 0.15) is 6.07 Å². The van der Waals surface area contributed by atoms with Crippen LogP contribution in [-0.4, -0.2) is 6.04 Å². The van der Waals surface area contributed by atoms with E-state index in [4.69, 9.17) is 5.26 Å². The van der Waals surface area contributed by atoms with E-state index in [0.29, 0.717) is 6.04 Å². The molecule has 1 aliphatic rings. The van der Waals surface area contributed by atoms with Gasteiger partial charge in [0.05, 0.1) is 11.3 Å². The minimum Gasteiger partial charge on any atom is -0.381 e. The van der Waals surface area contributed by atoms with Gasteiger partial charge in [-0.15, -0.1) is 0 Å². The van der Waals surface area contributed by atoms with E-state index in [0.717, 1.165) is 17.2 Å². The molecule has 0 bridgehead atoms. The fraction of sp³-hybridized carbons (Fsp3) is 0.562. The SMILES string of the molecule is CCC1CCC(Nc2c(C)cccc2C#N)CC1. The van der Waals surface area contributed by atoms with Crippen LogP contribution >= 0.6 is 0 Å². The monoisotopic (exact) mass is 242 g/mol. The first-order chi connectivity index (χ1) is 8.74. The highest BCUT2D eigenvalue weighted by Crippen LogP contribution is 2.30. The van der Waals surface area contributed by atoms with Crippen molar-refractivity contribution in [3.05, 3.63) is 29.3 Å². The maximum Gasteiger partial charge on any atom is 0.101 e. The molecule has 1 aromatic rings. The first-order valence-corrected chi connectivity index (χ1v) is 7.00. The summed E-state index contributed by atoms with van der Waals surface area (Å²) in [5.74, 6) is 0.912. The van der Waals surface area contributed by atoms with Crippen LogP contribution in [-0.2, 0) is 0 Å². The van der Waals surface area contributed by atoms with E-state index >= 15 is 0 Å². The smallest absolute Gasteiger partial charge is 0.101 e. The van der Waals surface area contributed by atoms with Gasteiger partial charge in [-0.05, 0) is 50.2 Å². The van der Waals surface area contributed by atoms with Crippen molar-refractivity contribution in [2.45, 2.75) is 52.0 Å². The molecule has 2 heteroatoms. The van der Waals surface area contributed by atoms with Crippen LogP contribution in [0.25, 0.3) is 0 Å². The van der Waals surface area contributed by atoms with Crippen LogP contribution in [0.4, 0.5) is 5.69 Å². The molecule has 96 valence electrons. The predicted octanol–water partition coefficient (Wildman–Crippen LogP) is 4.25. The Morgan fingerprint density at radius 1 is 1.28 bits per heavy atom. The summed E-state index contributed by atoms with van der Waals surface area (Å²) >= 11 is 0. The second-order valence-corrected chi connectivity index (χ2v) is 5.38. The molecule has 0 amide bonds. The third kappa shape index (κ3) is 2.85. The highest BCUT2D eigenvalue weighted by atomic mass is 14.9. The standard InChI is InChI=1S/C16H22N2/c1-3-13-7-9-15(10-8-13)18-16-12(2)5-4-6-14(16)11-17/h4-6,13,15,18H,3,7-10H2,1-2H3. The normalized spacial score (nSPS) is 23.4. The van der Waals surface area contributed by atoms with Gasteiger partial charge >= 0.3 is 0 Å². The van der Waals surface area contributed by atoms with E-state index in [9.17, 15) is 0 Å². The molecule has 1 fully saturated rings. The number of aryl methyl sites for hydroxylation is 1. The second-order valence-electron chi connectivity index (χ2n) is 5.38. The highest BCUT2D eigenvalue weighted by Gasteiger charge is 2.20. The van der Waals surface area contributed by atoms with Crippen LogP contribution < -0.4 is 5.32 Å². The number of anilines is 1. The number of benzene rings is 1. The lowest BCUT2D eigenvalue weighted by Gasteiger charge is -2.30. The summed E-state index contributed by atoms with van der Waals surface area (Å²) in [6, 6.07) is 8.74. The zero-order valence-electron chi connectivity index (χ0n) is 11.4. The number of rotatable bonds is 3. The topological polar surface area (TPSA) is 35.8 Å². The quantitative estimate of drug-likeness (QED) is 0.860. The first kappa shape index (κ1) is 13.0. The Kier molecular flexibility index (Phi) is 4.25. The fourth-order valence-corrected chi connectivity index (χ4v) is 2.87. The molecule has 1 saturated carbocycles. The molecule has 0 aromatic heterocycles. The Morgan fingerprint density at radius 3 is 2.61 bits per heavy atom. The summed E-state index contributed by atoms with van der Waals surface area (Å²) in [7, 11) is 0. The van der Waals surface area contributed by atoms with E-state index in [1.807, 2.05) is 12.1 Å². The molecule has 1 aromatic carbocycles. The summed E-state index contributed by atoms with van der Waals surface area (Å²) in [6.45, 7) is 4.36. The van der Waals surface area contributed by atoms with Gasteiger partial charge in [0.2, 0.25) is 0 Å². The van der Waals surface area contributed by atoms with Gasteiger partial charge in [0.15, 0.2) is 0 Å². The molecule has 0 atom stereocenters. The highest BCUT2D eigenvalue weighted by molar-refractivity contribution is 5.62. The van der Waals surface area contributed by atoms with Crippen molar-refractivity contribution < 1.29 is 0 Å². The lowest BCUT2D eigenvalue weighted by atomic mass is 9.84. The van der Waals surface area contributed by atoms with Crippen molar-refractivity contribution in [3.63, 3.8) is 0 Å². The van der Waals surface area contributed by atoms with Gasteiger partial charge in [-0.2, -0.15) is 5.26 Å². The van der Waals surface area contributed by atoms with Gasteiger partial charge in [0, 0.05) is 6.04 Å². The third-order valence-electron chi connectivity index (χ3n) is 4.17. The Hall–Kier alpha value is -1.49. The molecule has 0 radical (unpaired) electrons. The van der Waals surface area contributed by atoms with E-state index < -0.39 is 0 Å². The van der Waals surface area contributed by atoms with Gasteiger partial charge < -0.3 is 5.32 Å². The number of para-hydroxylation sites is 1. The van der Waals surface area contributed by atoms with Gasteiger partial charge in [-0.3, -0.25) is 0 Å². The molecule has 0 aliphatic heterocycles. The summed E-state index contributed by atoms with van der Waals surface area (Å²) in [4.78, 5) is 0. The maximum absolute atomic E-state index is 9.16. The zero-order valence-corrected chi connectivity index (χ0v) is 11.4. The summed E-state index contributed by atoms with van der Waals surface area (Å²) in [6.07, 6.45) is 6.42. The lowest BCUT2D eigenvalue weighted by Crippen LogP contribution is -2.26. The Balaban J connectivity index is 2.05. The van der Waals surface area contributed by atoms with Crippen molar-refractivity contribution >= 4 is 5.69 Å². The van der Waals surface area contributed by atoms with Gasteiger partial charge in [-0.1, -0.05) is 25.5 Å². The van der Waals surface area contributed by atoms with Gasteiger partial charge in [0.25, 0.3) is 0 Å². The van der Waals surface area contributed by atoms with Crippen molar-refractivity contribution in [3.8, 4) is 6.07 Å². The maximum atomic E-state index is 9.16. The summed E-state index contributed by atoms with van der Waals surface area (Å²) in [5.41, 5.74) is 2.99. The molecular formula is C16H22N2. The number of nitriles is 1. The predicted molar refractivity (Wildman–Crippen MR) is 75.6 cm³/mol. The van der Waals surface area contributed by atoms with Crippen molar-refractivity contribution in [2.75, 3.05) is 5.32 Å². The lowest BCUT2D eigenvalue weighted by molar-refractivity contribution is 0.330. The second kappa shape index (κ2) is 5.91. The van der Waals surface area contributed by atoms with Crippen LogP contribution in [0.3, 0.4) is 0 Å². The molecule has 2 nitrogen and oxygen atoms in total. The van der Waals surface area contributed by atoms with E-state index in [1.165, 1.54) is 37.7 Å². The molecular weight excluding hydrogens is 220 g/mol. The molecule has 1 aliphatic carbocycles. The van der Waals surface area contributed by atoms with Crippen LogP contribution in [0.5, 0.6) is 0 Å². The van der Waals surface area contributed by atoms with Crippen LogP contribution in [0.15, 0.2) is 18.2 Å². The molecule has 0 saturated heterocycles. The average molecular weight is 242 g/mol. The van der Waals surface area contributed by atoms with Crippen molar-refractivity contribution in [1.29, 1.82) is 5.26 Å². The van der Waals surface area contributed by atoms with E-state index in [1.54, 1.807) is 0 Å². The summed E-state index contributed by atoms with van der Waals surface area (Å²) in [5, 5.41) is 12.8. The Bertz CT molecular complexity index is 437. The van der Waals surface area contributed by atoms with Gasteiger partial charge in [-0.25, -0.2) is 0 Å². The largest absolute Gasteiger partial charge is 0.381 e. The number of nitrogens with zero attached hydrogens (tertiary/aromatic N) is 1. The molecule has 1 N–H and O–H groups in total. The third-order valence-corrected chi connectivity index (χ3v) is 4.17. The number of hydrogen-bond donors (Lipinski definition) is 1. The average Bonchev–Trinajstić information content (AvgIpc) is 2.42. The first-order valence-electron chi connectivity index (χ1n) is 7.00. The molecule has 2 rings (SSSR count). The van der Waals surface area contributed by atoms with Crippen molar-refractivity contribution in [2.24, 2.45) is 5.92 Å². The van der Waals surface area contributed by atoms with E-state index in [2.05, 4.69) is 31.3 Å². The minimum atomic E-state index is 0.543. The van der Waals surface area contributed by atoms with Crippen LogP contribution in [0.2, 0.25) is 0 Å². The number of nitrogens with one attached hydrogen (secondary N) is 1.